The van der Waals surface area contributed by atoms with Gasteiger partial charge >= 0.3 is 0 Å². The molecule has 22 heavy (non-hydrogen) atoms. The highest BCUT2D eigenvalue weighted by Crippen LogP contribution is 2.35. The van der Waals surface area contributed by atoms with Gasteiger partial charge in [0.15, 0.2) is 5.82 Å². The van der Waals surface area contributed by atoms with Crippen LogP contribution in [0, 0.1) is 0 Å². The van der Waals surface area contributed by atoms with Crippen molar-refractivity contribution in [2.75, 3.05) is 6.61 Å². The molecule has 0 unspecified atom stereocenters. The van der Waals surface area contributed by atoms with Crippen LogP contribution in [0.25, 0.3) is 0 Å². The molecule has 1 amide bonds. The average molecular weight is 304 g/mol. The smallest absolute Gasteiger partial charge is 0.222 e. The molecule has 2 N–H and O–H groups in total. The Balaban J connectivity index is 1.56. The Labute approximate surface area is 128 Å². The molecule has 0 bridgehead atoms. The maximum Gasteiger partial charge on any atom is 0.222 e. The van der Waals surface area contributed by atoms with Gasteiger partial charge in [0.25, 0.3) is 0 Å². The van der Waals surface area contributed by atoms with Crippen molar-refractivity contribution < 1.29 is 9.90 Å². The third kappa shape index (κ3) is 3.01. The highest BCUT2D eigenvalue weighted by molar-refractivity contribution is 5.76. The van der Waals surface area contributed by atoms with Crippen LogP contribution in [-0.4, -0.2) is 48.2 Å². The predicted octanol–water partition coefficient (Wildman–Crippen LogP) is -0.195. The number of rotatable bonds is 6. The lowest BCUT2D eigenvalue weighted by atomic mass is 9.79. The van der Waals surface area contributed by atoms with Crippen molar-refractivity contribution in [2.45, 2.75) is 37.8 Å². The molecule has 8 heteroatoms. The quantitative estimate of drug-likeness (QED) is 0.770. The van der Waals surface area contributed by atoms with E-state index >= 15 is 0 Å². The Bertz CT molecular complexity index is 630. The number of hydrogen-bond acceptors (Lipinski definition) is 5. The number of aliphatic hydroxyl groups excluding tert-OH is 1. The van der Waals surface area contributed by atoms with Crippen molar-refractivity contribution in [1.82, 2.24) is 29.9 Å². The third-order valence-corrected chi connectivity index (χ3v) is 4.07. The minimum Gasteiger partial charge on any atom is -0.396 e. The van der Waals surface area contributed by atoms with Crippen LogP contribution in [0.4, 0.5) is 0 Å². The van der Waals surface area contributed by atoms with E-state index in [1.54, 1.807) is 6.20 Å². The summed E-state index contributed by atoms with van der Waals surface area (Å²) in [6.45, 7) is 0.488. The van der Waals surface area contributed by atoms with Crippen LogP contribution in [0.5, 0.6) is 0 Å². The highest BCUT2D eigenvalue weighted by atomic mass is 16.3. The molecule has 0 aliphatic heterocycles. The van der Waals surface area contributed by atoms with Crippen LogP contribution in [0.2, 0.25) is 0 Å². The molecule has 0 radical (unpaired) electrons. The lowest BCUT2D eigenvalue weighted by molar-refractivity contribution is -0.123. The summed E-state index contributed by atoms with van der Waals surface area (Å²) >= 11 is 0. The zero-order valence-corrected chi connectivity index (χ0v) is 12.5. The fourth-order valence-corrected chi connectivity index (χ4v) is 2.76. The summed E-state index contributed by atoms with van der Waals surface area (Å²) in [5.74, 6) is 2.05. The van der Waals surface area contributed by atoms with Gasteiger partial charge in [-0.3, -0.25) is 9.48 Å². The van der Waals surface area contributed by atoms with Gasteiger partial charge in [-0.25, -0.2) is 0 Å². The number of hydrogen-bond donors (Lipinski definition) is 2. The first-order valence-electron chi connectivity index (χ1n) is 7.43. The number of nitrogens with zero attached hydrogens (tertiary/aromatic N) is 5. The van der Waals surface area contributed by atoms with Gasteiger partial charge < -0.3 is 15.0 Å². The van der Waals surface area contributed by atoms with Gasteiger partial charge in [0, 0.05) is 37.8 Å². The fraction of sp³-hybridized carbons (Fsp3) is 0.571. The van der Waals surface area contributed by atoms with Gasteiger partial charge in [0.05, 0.1) is 6.61 Å². The molecule has 1 aliphatic carbocycles. The maximum absolute atomic E-state index is 11.4. The average Bonchev–Trinajstić information content (AvgIpc) is 3.07. The molecular formula is C14H20N6O2. The number of carbonyl (C=O) groups is 1. The monoisotopic (exact) mass is 304 g/mol. The Kier molecular flexibility index (Phi) is 4.19. The highest BCUT2D eigenvalue weighted by Gasteiger charge is 2.34. The van der Waals surface area contributed by atoms with E-state index < -0.39 is 0 Å². The van der Waals surface area contributed by atoms with E-state index in [0.29, 0.717) is 12.5 Å². The number of nitrogens with one attached hydrogen (secondary N) is 1. The Morgan fingerprint density at radius 1 is 1.45 bits per heavy atom. The topological polar surface area (TPSA) is 97.9 Å². The summed E-state index contributed by atoms with van der Waals surface area (Å²) in [7, 11) is 1.96. The number of carbonyl (C=O) groups excluding carboxylic acids is 1. The zero-order chi connectivity index (χ0) is 15.5. The van der Waals surface area contributed by atoms with Crippen LogP contribution >= 0.6 is 0 Å². The number of aliphatic hydroxyl groups is 1. The van der Waals surface area contributed by atoms with Crippen molar-refractivity contribution >= 4 is 5.91 Å². The molecule has 8 nitrogen and oxygen atoms in total. The standard InChI is InChI=1S/C14H20N6O2/c1-19-12(9-20-5-2-4-15-20)17-18-14(19)10-7-11(8-10)16-13(22)3-6-21/h2,4-5,10-11,21H,3,6-9H2,1H3,(H,16,22). The summed E-state index contributed by atoms with van der Waals surface area (Å²) in [4.78, 5) is 11.4. The molecule has 2 aromatic rings. The van der Waals surface area contributed by atoms with E-state index in [2.05, 4.69) is 20.6 Å². The number of amides is 1. The van der Waals surface area contributed by atoms with Gasteiger partial charge in [0.2, 0.25) is 5.91 Å². The Hall–Kier alpha value is -2.22. The second-order valence-electron chi connectivity index (χ2n) is 5.64. The molecule has 0 saturated heterocycles. The van der Waals surface area contributed by atoms with E-state index in [0.717, 1.165) is 24.5 Å². The van der Waals surface area contributed by atoms with E-state index in [-0.39, 0.29) is 25.0 Å². The fourth-order valence-electron chi connectivity index (χ4n) is 2.76. The lowest BCUT2D eigenvalue weighted by Gasteiger charge is -2.35. The summed E-state index contributed by atoms with van der Waals surface area (Å²) in [5, 5.41) is 24.3. The van der Waals surface area contributed by atoms with Gasteiger partial charge in [-0.15, -0.1) is 10.2 Å². The molecule has 0 spiro atoms. The molecular weight excluding hydrogens is 284 g/mol. The van der Waals surface area contributed by atoms with E-state index in [1.807, 2.05) is 28.6 Å². The van der Waals surface area contributed by atoms with E-state index in [4.69, 9.17) is 5.11 Å². The van der Waals surface area contributed by atoms with Crippen molar-refractivity contribution in [3.05, 3.63) is 30.1 Å². The van der Waals surface area contributed by atoms with Gasteiger partial charge in [-0.2, -0.15) is 5.10 Å². The van der Waals surface area contributed by atoms with Gasteiger partial charge in [-0.1, -0.05) is 0 Å². The summed E-state index contributed by atoms with van der Waals surface area (Å²) < 4.78 is 3.82. The molecule has 0 atom stereocenters. The molecule has 1 saturated carbocycles. The normalized spacial score (nSPS) is 20.6. The summed E-state index contributed by atoms with van der Waals surface area (Å²) in [6, 6.07) is 2.05. The minimum atomic E-state index is -0.109. The van der Waals surface area contributed by atoms with Crippen LogP contribution in [-0.2, 0) is 18.4 Å². The van der Waals surface area contributed by atoms with Crippen LogP contribution in [0.15, 0.2) is 18.5 Å². The van der Waals surface area contributed by atoms with Crippen LogP contribution in [0.3, 0.4) is 0 Å². The largest absolute Gasteiger partial charge is 0.396 e. The van der Waals surface area contributed by atoms with E-state index in [1.165, 1.54) is 0 Å². The molecule has 3 rings (SSSR count). The lowest BCUT2D eigenvalue weighted by Crippen LogP contribution is -2.44. The van der Waals surface area contributed by atoms with Crippen LogP contribution in [0.1, 0.15) is 36.8 Å². The third-order valence-electron chi connectivity index (χ3n) is 4.07. The first-order chi connectivity index (χ1) is 10.7. The Morgan fingerprint density at radius 3 is 2.95 bits per heavy atom. The molecule has 0 aromatic carbocycles. The Morgan fingerprint density at radius 2 is 2.27 bits per heavy atom. The van der Waals surface area contributed by atoms with Crippen molar-refractivity contribution in [3.63, 3.8) is 0 Å². The zero-order valence-electron chi connectivity index (χ0n) is 12.5. The summed E-state index contributed by atoms with van der Waals surface area (Å²) in [5.41, 5.74) is 0. The number of aromatic nitrogens is 5. The first kappa shape index (κ1) is 14.7. The second-order valence-corrected chi connectivity index (χ2v) is 5.64. The minimum absolute atomic E-state index is 0.0942. The molecule has 2 heterocycles. The van der Waals surface area contributed by atoms with Crippen molar-refractivity contribution in [1.29, 1.82) is 0 Å². The van der Waals surface area contributed by atoms with Gasteiger partial charge in [-0.05, 0) is 18.9 Å². The second kappa shape index (κ2) is 6.27. The summed E-state index contributed by atoms with van der Waals surface area (Å²) in [6.07, 6.45) is 5.53. The van der Waals surface area contributed by atoms with Gasteiger partial charge in [0.1, 0.15) is 12.4 Å². The SMILES string of the molecule is Cn1c(Cn2cccn2)nnc1C1CC(NC(=O)CCO)C1. The molecule has 118 valence electrons. The van der Waals surface area contributed by atoms with Crippen molar-refractivity contribution in [2.24, 2.45) is 7.05 Å². The molecule has 1 fully saturated rings. The molecule has 1 aliphatic rings. The van der Waals surface area contributed by atoms with Crippen LogP contribution < -0.4 is 5.32 Å². The maximum atomic E-state index is 11.4. The van der Waals surface area contributed by atoms with E-state index in [9.17, 15) is 4.79 Å². The first-order valence-corrected chi connectivity index (χ1v) is 7.43. The van der Waals surface area contributed by atoms with Crippen molar-refractivity contribution in [3.8, 4) is 0 Å². The predicted molar refractivity (Wildman–Crippen MR) is 77.9 cm³/mol. The molecule has 2 aromatic heterocycles.